The van der Waals surface area contributed by atoms with E-state index in [1.807, 2.05) is 0 Å². The van der Waals surface area contributed by atoms with Gasteiger partial charge in [-0.3, -0.25) is 14.5 Å². The summed E-state index contributed by atoms with van der Waals surface area (Å²) in [5.74, 6) is -0.481. The highest BCUT2D eigenvalue weighted by molar-refractivity contribution is 5.98. The van der Waals surface area contributed by atoms with E-state index in [1.54, 1.807) is 48.7 Å². The van der Waals surface area contributed by atoms with Gasteiger partial charge < -0.3 is 35.3 Å². The predicted molar refractivity (Wildman–Crippen MR) is 155 cm³/mol. The maximum Gasteiger partial charge on any atom is 0.318 e. The minimum absolute atomic E-state index is 0.0119. The molecule has 1 aliphatic rings. The van der Waals surface area contributed by atoms with Gasteiger partial charge in [-0.05, 0) is 29.8 Å². The van der Waals surface area contributed by atoms with Crippen molar-refractivity contribution in [1.82, 2.24) is 30.2 Å². The van der Waals surface area contributed by atoms with E-state index < -0.39 is 30.1 Å². The second-order valence-corrected chi connectivity index (χ2v) is 10.1. The summed E-state index contributed by atoms with van der Waals surface area (Å²) in [7, 11) is 1.45. The molecule has 1 saturated heterocycles. The number of carbonyl (C=O) groups is 2. The third-order valence-corrected chi connectivity index (χ3v) is 7.24. The first-order valence-corrected chi connectivity index (χ1v) is 13.5. The molecule has 2 amide bonds. The number of nitrogen functional groups attached to an aromatic ring is 1. The number of para-hydroxylation sites is 1. The molecule has 0 bridgehead atoms. The zero-order chi connectivity index (χ0) is 30.8. The number of aromatic hydroxyl groups is 1. The molecule has 1 aliphatic heterocycles. The lowest BCUT2D eigenvalue weighted by molar-refractivity contribution is -0.157. The van der Waals surface area contributed by atoms with Gasteiger partial charge in [0.15, 0.2) is 29.1 Å². The molecule has 0 radical (unpaired) electrons. The molecule has 2 atom stereocenters. The van der Waals surface area contributed by atoms with Crippen molar-refractivity contribution in [3.05, 3.63) is 78.1 Å². The molecule has 15 nitrogen and oxygen atoms in total. The maximum atomic E-state index is 13.9. The van der Waals surface area contributed by atoms with Crippen LogP contribution in [-0.2, 0) is 16.0 Å². The molecule has 3 aromatic heterocycles. The van der Waals surface area contributed by atoms with Crippen LogP contribution in [0.4, 0.5) is 11.6 Å². The topological polar surface area (TPSA) is 204 Å². The number of rotatable bonds is 9. The van der Waals surface area contributed by atoms with Crippen LogP contribution in [0.2, 0.25) is 0 Å². The van der Waals surface area contributed by atoms with Crippen molar-refractivity contribution in [2.45, 2.75) is 18.1 Å². The Labute approximate surface area is 249 Å². The van der Waals surface area contributed by atoms with Crippen molar-refractivity contribution in [3.63, 3.8) is 0 Å². The van der Waals surface area contributed by atoms with E-state index in [0.29, 0.717) is 28.2 Å². The molecule has 0 aliphatic carbocycles. The normalized spacial score (nSPS) is 16.5. The molecule has 2 aromatic carbocycles. The number of hydrogen-bond donors (Lipinski definition) is 4. The number of hydrogen-bond acceptors (Lipinski definition) is 12. The van der Waals surface area contributed by atoms with Gasteiger partial charge in [-0.25, -0.2) is 9.67 Å². The van der Waals surface area contributed by atoms with Gasteiger partial charge in [0.2, 0.25) is 0 Å². The highest BCUT2D eigenvalue weighted by Crippen LogP contribution is 2.29. The average Bonchev–Trinajstić information content (AvgIpc) is 3.67. The van der Waals surface area contributed by atoms with Gasteiger partial charge in [0.25, 0.3) is 11.8 Å². The van der Waals surface area contributed by atoms with Crippen LogP contribution in [0.1, 0.15) is 15.9 Å². The Balaban J connectivity index is 1.29. The fourth-order valence-electron chi connectivity index (χ4n) is 5.05. The summed E-state index contributed by atoms with van der Waals surface area (Å²) in [4.78, 5) is 36.6. The number of ether oxygens (including phenoxy) is 2. The van der Waals surface area contributed by atoms with Crippen molar-refractivity contribution in [3.8, 4) is 17.6 Å². The van der Waals surface area contributed by atoms with E-state index in [2.05, 4.69) is 25.5 Å². The Morgan fingerprint density at radius 2 is 2.05 bits per heavy atom. The van der Waals surface area contributed by atoms with E-state index in [9.17, 15) is 19.8 Å². The molecule has 44 heavy (non-hydrogen) atoms. The summed E-state index contributed by atoms with van der Waals surface area (Å²) in [6.45, 7) is -0.142. The molecule has 0 spiro atoms. The number of phenolic OH excluding ortho intramolecular Hbond substituents is 1. The summed E-state index contributed by atoms with van der Waals surface area (Å²) in [6.07, 6.45) is 1.63. The molecule has 6 rings (SSSR count). The first kappa shape index (κ1) is 28.6. The maximum absolute atomic E-state index is 13.9. The third kappa shape index (κ3) is 5.48. The Kier molecular flexibility index (Phi) is 7.55. The number of carbonyl (C=O) groups excluding carboxylic acids is 2. The van der Waals surface area contributed by atoms with Gasteiger partial charge in [-0.2, -0.15) is 4.98 Å². The van der Waals surface area contributed by atoms with Crippen LogP contribution in [0.3, 0.4) is 0 Å². The van der Waals surface area contributed by atoms with E-state index in [1.165, 1.54) is 35.0 Å². The molecule has 5 N–H and O–H groups in total. The fraction of sp³-hybridized carbons (Fsp3) is 0.241. The summed E-state index contributed by atoms with van der Waals surface area (Å²) in [5.41, 5.74) is 4.88. The summed E-state index contributed by atoms with van der Waals surface area (Å²) >= 11 is 0. The molecule has 5 aromatic rings. The number of fused-ring (bicyclic) bond motifs is 1. The number of aromatic nitrogens is 5. The van der Waals surface area contributed by atoms with Gasteiger partial charge in [-0.1, -0.05) is 23.4 Å². The minimum Gasteiger partial charge on any atom is -0.507 e. The number of nitrogens with zero attached hydrogens (tertiary/aromatic N) is 6. The minimum atomic E-state index is -1.95. The third-order valence-electron chi connectivity index (χ3n) is 7.24. The van der Waals surface area contributed by atoms with Gasteiger partial charge >= 0.3 is 6.01 Å². The number of nitrogens with two attached hydrogens (primary N) is 1. The van der Waals surface area contributed by atoms with Crippen LogP contribution in [0.5, 0.6) is 11.8 Å². The Hall–Kier alpha value is -5.54. The zero-order valence-electron chi connectivity index (χ0n) is 23.5. The molecule has 1 unspecified atom stereocenters. The van der Waals surface area contributed by atoms with Crippen LogP contribution in [-0.4, -0.2) is 85.4 Å². The zero-order valence-corrected chi connectivity index (χ0v) is 23.5. The molecular weight excluding hydrogens is 572 g/mol. The summed E-state index contributed by atoms with van der Waals surface area (Å²) < 4.78 is 17.7. The number of nitrogens with one attached hydrogen (secondary N) is 1. The van der Waals surface area contributed by atoms with Crippen LogP contribution in [0.25, 0.3) is 16.8 Å². The lowest BCUT2D eigenvalue weighted by Crippen LogP contribution is -2.63. The number of anilines is 2. The Morgan fingerprint density at radius 1 is 1.20 bits per heavy atom. The summed E-state index contributed by atoms with van der Waals surface area (Å²) in [6, 6.07) is 14.5. The lowest BCUT2D eigenvalue weighted by atomic mass is 9.86. The number of benzene rings is 2. The first-order chi connectivity index (χ1) is 21.3. The Bertz CT molecular complexity index is 1840. The quantitative estimate of drug-likeness (QED) is 0.189. The van der Waals surface area contributed by atoms with Crippen molar-refractivity contribution in [1.29, 1.82) is 0 Å². The van der Waals surface area contributed by atoms with Crippen LogP contribution < -0.4 is 20.7 Å². The molecule has 4 heterocycles. The second-order valence-electron chi connectivity index (χ2n) is 10.1. The van der Waals surface area contributed by atoms with Crippen molar-refractivity contribution in [2.75, 3.05) is 37.4 Å². The number of phenols is 1. The lowest BCUT2D eigenvalue weighted by Gasteiger charge is -2.40. The molecule has 1 fully saturated rings. The van der Waals surface area contributed by atoms with Gasteiger partial charge in [0.05, 0.1) is 37.8 Å². The molecule has 15 heteroatoms. The molecular formula is C29H28N8O7. The van der Waals surface area contributed by atoms with Gasteiger partial charge in [0, 0.05) is 30.9 Å². The van der Waals surface area contributed by atoms with Crippen molar-refractivity contribution in [2.24, 2.45) is 0 Å². The van der Waals surface area contributed by atoms with E-state index in [-0.39, 0.29) is 42.7 Å². The van der Waals surface area contributed by atoms with Crippen LogP contribution in [0, 0.1) is 0 Å². The van der Waals surface area contributed by atoms with Crippen LogP contribution in [0.15, 0.2) is 71.5 Å². The molecule has 0 saturated carbocycles. The van der Waals surface area contributed by atoms with E-state index in [0.717, 1.165) is 0 Å². The smallest absolute Gasteiger partial charge is 0.318 e. The average molecular weight is 601 g/mol. The monoisotopic (exact) mass is 600 g/mol. The van der Waals surface area contributed by atoms with Gasteiger partial charge in [-0.15, -0.1) is 5.10 Å². The number of morpholine rings is 1. The SMILES string of the molecule is COc1nccc(-n2ccc(N3CCO[C@H](C(O)(CNC(=O)c4ccccc4O)Cc4ccc5c(N)noc5c4)C3=O)n2)n1. The number of aliphatic hydroxyl groups is 1. The highest BCUT2D eigenvalue weighted by atomic mass is 16.5. The number of amides is 2. The van der Waals surface area contributed by atoms with E-state index >= 15 is 0 Å². The Morgan fingerprint density at radius 3 is 2.86 bits per heavy atom. The summed E-state index contributed by atoms with van der Waals surface area (Å²) in [5, 5.41) is 33.8. The van der Waals surface area contributed by atoms with Crippen LogP contribution >= 0.6 is 0 Å². The van der Waals surface area contributed by atoms with Crippen molar-refractivity contribution >= 4 is 34.4 Å². The fourth-order valence-corrected chi connectivity index (χ4v) is 5.05. The highest BCUT2D eigenvalue weighted by Gasteiger charge is 2.47. The van der Waals surface area contributed by atoms with Gasteiger partial charge in [0.1, 0.15) is 11.4 Å². The molecule has 226 valence electrons. The first-order valence-electron chi connectivity index (χ1n) is 13.5. The van der Waals surface area contributed by atoms with E-state index in [4.69, 9.17) is 19.7 Å². The standard InChI is InChI=1S/C29H28N8O7/c1-42-28-31-10-8-22(33-28)37-11-9-23(34-37)36-12-13-43-24(27(36)40)29(41,16-32-26(39)18-4-2-3-5-20(18)38)15-17-6-7-19-21(14-17)44-35-25(19)30/h2-11,14,24,38,41H,12-13,15-16H2,1H3,(H2,30,35)(H,32,39)/t24-,29?/m0/s1. The predicted octanol–water partition coefficient (Wildman–Crippen LogP) is 1.24. The second kappa shape index (κ2) is 11.6. The largest absolute Gasteiger partial charge is 0.507 e. The van der Waals surface area contributed by atoms with Crippen molar-refractivity contribution < 1.29 is 33.8 Å². The number of methoxy groups -OCH3 is 1.